The molecule has 26 heavy (non-hydrogen) atoms. The third-order valence-electron chi connectivity index (χ3n) is 4.30. The van der Waals surface area contributed by atoms with Crippen LogP contribution in [0.4, 0.5) is 0 Å². The lowest BCUT2D eigenvalue weighted by molar-refractivity contribution is -0.148. The number of carbonyl (C=O) groups is 1. The van der Waals surface area contributed by atoms with Gasteiger partial charge in [-0.25, -0.2) is 0 Å². The summed E-state index contributed by atoms with van der Waals surface area (Å²) in [7, 11) is 6.26. The van der Waals surface area contributed by atoms with Crippen molar-refractivity contribution in [2.75, 3.05) is 28.4 Å². The van der Waals surface area contributed by atoms with Gasteiger partial charge in [-0.05, 0) is 29.8 Å². The van der Waals surface area contributed by atoms with Crippen LogP contribution in [-0.4, -0.2) is 34.4 Å². The molecule has 0 radical (unpaired) electrons. The first-order valence-corrected chi connectivity index (χ1v) is 8.67. The summed E-state index contributed by atoms with van der Waals surface area (Å²) in [5, 5.41) is 0. The highest BCUT2D eigenvalue weighted by Crippen LogP contribution is 2.44. The maximum Gasteiger partial charge on any atom is 0.311 e. The molecule has 1 aliphatic rings. The van der Waals surface area contributed by atoms with Crippen molar-refractivity contribution < 1.29 is 28.5 Å². The molecular weight excluding hydrogens is 404 g/mol. The molecule has 138 valence electrons. The third-order valence-corrected chi connectivity index (χ3v) is 4.98. The van der Waals surface area contributed by atoms with Gasteiger partial charge in [0.25, 0.3) is 0 Å². The summed E-state index contributed by atoms with van der Waals surface area (Å²) in [5.41, 5.74) is 2.44. The van der Waals surface area contributed by atoms with Crippen LogP contribution >= 0.6 is 15.9 Å². The zero-order valence-corrected chi connectivity index (χ0v) is 16.5. The number of esters is 1. The summed E-state index contributed by atoms with van der Waals surface area (Å²) in [6.45, 7) is 0. The number of carbonyl (C=O) groups excluding carboxylic acids is 1. The molecule has 1 heterocycles. The van der Waals surface area contributed by atoms with Gasteiger partial charge in [0.15, 0.2) is 29.1 Å². The largest absolute Gasteiger partial charge is 0.493 e. The summed E-state index contributed by atoms with van der Waals surface area (Å²) < 4.78 is 27.9. The molecule has 0 amide bonds. The summed E-state index contributed by atoms with van der Waals surface area (Å²) in [6, 6.07) is 7.24. The minimum absolute atomic E-state index is 0.178. The van der Waals surface area contributed by atoms with E-state index >= 15 is 0 Å². The lowest BCUT2D eigenvalue weighted by Gasteiger charge is -2.28. The highest BCUT2D eigenvalue weighted by Gasteiger charge is 2.32. The zero-order valence-electron chi connectivity index (χ0n) is 14.9. The Morgan fingerprint density at radius 3 is 1.92 bits per heavy atom. The van der Waals surface area contributed by atoms with E-state index in [9.17, 15) is 4.79 Å². The van der Waals surface area contributed by atoms with Crippen molar-refractivity contribution in [1.29, 1.82) is 0 Å². The van der Waals surface area contributed by atoms with Crippen LogP contribution in [-0.2, 0) is 16.0 Å². The summed E-state index contributed by atoms with van der Waals surface area (Å²) in [6.07, 6.45) is -0.419. The Labute approximate surface area is 160 Å². The Balaban J connectivity index is 2.17. The van der Waals surface area contributed by atoms with Gasteiger partial charge in [0.2, 0.25) is 0 Å². The number of benzene rings is 2. The highest BCUT2D eigenvalue weighted by atomic mass is 79.9. The number of hydrogen-bond donors (Lipinski definition) is 0. The molecule has 0 unspecified atom stereocenters. The van der Waals surface area contributed by atoms with E-state index in [1.807, 2.05) is 12.1 Å². The minimum atomic E-state index is -0.597. The zero-order chi connectivity index (χ0) is 18.8. The molecule has 0 aliphatic carbocycles. The van der Waals surface area contributed by atoms with E-state index in [1.165, 1.54) is 0 Å². The Kier molecular flexibility index (Phi) is 5.27. The normalized spacial score (nSPS) is 15.7. The van der Waals surface area contributed by atoms with Gasteiger partial charge >= 0.3 is 5.97 Å². The lowest BCUT2D eigenvalue weighted by atomic mass is 9.92. The molecule has 2 aromatic rings. The molecule has 0 aromatic heterocycles. The molecule has 0 N–H and O–H groups in total. The van der Waals surface area contributed by atoms with Crippen molar-refractivity contribution in [2.24, 2.45) is 0 Å². The first-order chi connectivity index (χ1) is 12.5. The second-order valence-electron chi connectivity index (χ2n) is 5.68. The summed E-state index contributed by atoms with van der Waals surface area (Å²) in [4.78, 5) is 12.2. The van der Waals surface area contributed by atoms with Crippen LogP contribution < -0.4 is 18.9 Å². The van der Waals surface area contributed by atoms with Crippen molar-refractivity contribution in [2.45, 2.75) is 12.5 Å². The topological polar surface area (TPSA) is 63.2 Å². The first-order valence-electron chi connectivity index (χ1n) is 7.88. The van der Waals surface area contributed by atoms with Gasteiger partial charge in [-0.3, -0.25) is 4.79 Å². The Bertz CT molecular complexity index is 848. The fourth-order valence-corrected chi connectivity index (χ4v) is 3.56. The molecule has 2 aromatic carbocycles. The second-order valence-corrected chi connectivity index (χ2v) is 6.54. The van der Waals surface area contributed by atoms with Gasteiger partial charge in [-0.15, -0.1) is 0 Å². The second kappa shape index (κ2) is 7.45. The van der Waals surface area contributed by atoms with E-state index in [2.05, 4.69) is 15.9 Å². The van der Waals surface area contributed by atoms with Crippen molar-refractivity contribution in [3.63, 3.8) is 0 Å². The number of ether oxygens (including phenoxy) is 5. The van der Waals surface area contributed by atoms with Crippen molar-refractivity contribution >= 4 is 21.9 Å². The van der Waals surface area contributed by atoms with E-state index in [-0.39, 0.29) is 12.4 Å². The number of rotatable bonds is 5. The smallest absolute Gasteiger partial charge is 0.311 e. The van der Waals surface area contributed by atoms with E-state index in [4.69, 9.17) is 23.7 Å². The van der Waals surface area contributed by atoms with Crippen LogP contribution in [0, 0.1) is 0 Å². The van der Waals surface area contributed by atoms with Gasteiger partial charge in [-0.2, -0.15) is 0 Å². The van der Waals surface area contributed by atoms with E-state index in [1.54, 1.807) is 40.6 Å². The fourth-order valence-electron chi connectivity index (χ4n) is 3.03. The van der Waals surface area contributed by atoms with Gasteiger partial charge in [0, 0.05) is 15.6 Å². The molecule has 7 heteroatoms. The van der Waals surface area contributed by atoms with Crippen LogP contribution in [0.1, 0.15) is 22.8 Å². The maximum absolute atomic E-state index is 12.2. The Hall–Kier alpha value is -2.41. The number of cyclic esters (lactones) is 1. The molecule has 0 bridgehead atoms. The maximum atomic E-state index is 12.2. The molecule has 3 rings (SSSR count). The average Bonchev–Trinajstić information content (AvgIpc) is 2.65. The Morgan fingerprint density at radius 1 is 0.846 bits per heavy atom. The van der Waals surface area contributed by atoms with Crippen molar-refractivity contribution in [1.82, 2.24) is 0 Å². The SMILES string of the molecule is COc1cc(Br)c([C@H]2OC(=O)Cc3cc(OC)c(OC)cc32)cc1OC. The monoisotopic (exact) mass is 422 g/mol. The lowest BCUT2D eigenvalue weighted by Crippen LogP contribution is -2.23. The predicted molar refractivity (Wildman–Crippen MR) is 98.4 cm³/mol. The van der Waals surface area contributed by atoms with Crippen LogP contribution in [0.25, 0.3) is 0 Å². The molecule has 0 saturated carbocycles. The van der Waals surface area contributed by atoms with Gasteiger partial charge in [0.1, 0.15) is 0 Å². The molecule has 0 saturated heterocycles. The number of methoxy groups -OCH3 is 4. The van der Waals surface area contributed by atoms with E-state index in [0.717, 1.165) is 21.2 Å². The summed E-state index contributed by atoms with van der Waals surface area (Å²) in [5.74, 6) is 1.97. The third kappa shape index (κ3) is 3.19. The number of fused-ring (bicyclic) bond motifs is 1. The molecule has 1 aliphatic heterocycles. The average molecular weight is 423 g/mol. The van der Waals surface area contributed by atoms with E-state index < -0.39 is 6.10 Å². The van der Waals surface area contributed by atoms with Gasteiger partial charge < -0.3 is 23.7 Å². The van der Waals surface area contributed by atoms with Crippen LogP contribution in [0.15, 0.2) is 28.7 Å². The predicted octanol–water partition coefficient (Wildman–Crippen LogP) is 3.67. The Morgan fingerprint density at radius 2 is 1.35 bits per heavy atom. The number of hydrogen-bond acceptors (Lipinski definition) is 6. The van der Waals surface area contributed by atoms with Crippen LogP contribution in [0.3, 0.4) is 0 Å². The molecule has 0 fully saturated rings. The molecule has 1 atom stereocenters. The van der Waals surface area contributed by atoms with Gasteiger partial charge in [0.05, 0.1) is 34.9 Å². The van der Waals surface area contributed by atoms with Crippen LogP contribution in [0.2, 0.25) is 0 Å². The molecular formula is C19H19BrO6. The fraction of sp³-hybridized carbons (Fsp3) is 0.316. The van der Waals surface area contributed by atoms with E-state index in [0.29, 0.717) is 23.0 Å². The quantitative estimate of drug-likeness (QED) is 0.684. The van der Waals surface area contributed by atoms with Gasteiger partial charge in [-0.1, -0.05) is 15.9 Å². The minimum Gasteiger partial charge on any atom is -0.493 e. The standard InChI is InChI=1S/C19H19BrO6/c1-22-14-5-10-6-18(21)26-19(11(10)7-15(14)23-2)12-8-16(24-3)17(25-4)9-13(12)20/h5,7-9,19H,6H2,1-4H3/t19-/m0/s1. The van der Waals surface area contributed by atoms with Crippen molar-refractivity contribution in [3.05, 3.63) is 45.4 Å². The summed E-state index contributed by atoms with van der Waals surface area (Å²) >= 11 is 3.54. The van der Waals surface area contributed by atoms with Crippen molar-refractivity contribution in [3.8, 4) is 23.0 Å². The number of halogens is 1. The van der Waals surface area contributed by atoms with Crippen LogP contribution in [0.5, 0.6) is 23.0 Å². The first kappa shape index (κ1) is 18.4. The molecule has 6 nitrogen and oxygen atoms in total. The molecule has 0 spiro atoms. The highest BCUT2D eigenvalue weighted by molar-refractivity contribution is 9.10.